The van der Waals surface area contributed by atoms with Crippen molar-refractivity contribution in [3.05, 3.63) is 58.7 Å². The third kappa shape index (κ3) is 3.21. The zero-order chi connectivity index (χ0) is 20.7. The van der Waals surface area contributed by atoms with Crippen LogP contribution in [-0.2, 0) is 5.41 Å². The van der Waals surface area contributed by atoms with Gasteiger partial charge in [0, 0.05) is 22.5 Å². The molecule has 148 valence electrons. The predicted molar refractivity (Wildman–Crippen MR) is 110 cm³/mol. The number of para-hydroxylation sites is 2. The molecule has 2 unspecified atom stereocenters. The summed E-state index contributed by atoms with van der Waals surface area (Å²) < 4.78 is 11.5. The molecule has 0 saturated carbocycles. The number of hydrogen-bond acceptors (Lipinski definition) is 4. The molecule has 4 nitrogen and oxygen atoms in total. The smallest absolute Gasteiger partial charge is 0.153 e. The van der Waals surface area contributed by atoms with Gasteiger partial charge < -0.3 is 9.47 Å². The number of aldehydes is 2. The van der Waals surface area contributed by atoms with E-state index in [1.807, 2.05) is 45.0 Å². The molecule has 0 saturated heterocycles. The van der Waals surface area contributed by atoms with Crippen molar-refractivity contribution in [1.29, 1.82) is 0 Å². The minimum atomic E-state index is -0.207. The molecular formula is C24H28O4. The van der Waals surface area contributed by atoms with Crippen LogP contribution in [0.4, 0.5) is 0 Å². The highest BCUT2D eigenvalue weighted by Gasteiger charge is 2.40. The van der Waals surface area contributed by atoms with Gasteiger partial charge in [-0.2, -0.15) is 0 Å². The lowest BCUT2D eigenvalue weighted by molar-refractivity contribution is 0.107. The van der Waals surface area contributed by atoms with Gasteiger partial charge in [0.05, 0.1) is 11.1 Å². The molecule has 28 heavy (non-hydrogen) atoms. The number of ether oxygens (including phenoxy) is 2. The quantitative estimate of drug-likeness (QED) is 0.661. The number of fused-ring (bicyclic) bond motifs is 2. The first-order valence-electron chi connectivity index (χ1n) is 9.66. The summed E-state index contributed by atoms with van der Waals surface area (Å²) in [5.74, 6) is 1.86. The van der Waals surface area contributed by atoms with Crippen LogP contribution in [0.1, 0.15) is 79.3 Å². The predicted octanol–water partition coefficient (Wildman–Crippen LogP) is 5.33. The van der Waals surface area contributed by atoms with Crippen molar-refractivity contribution in [3.8, 4) is 11.5 Å². The molecule has 2 heterocycles. The standard InChI is InChI=1S/2C12H14O2/c1-8-12(2,3)10-6-4-5-9(7-13)11(10)14-8;1-8-10-6-4-5-9(7-13)11(10)14-12(8,2)3/h2*4-8H,1-3H3. The Morgan fingerprint density at radius 2 is 1.43 bits per heavy atom. The molecular weight excluding hydrogens is 352 g/mol. The summed E-state index contributed by atoms with van der Waals surface area (Å²) in [7, 11) is 0. The highest BCUT2D eigenvalue weighted by molar-refractivity contribution is 5.81. The summed E-state index contributed by atoms with van der Waals surface area (Å²) in [5, 5.41) is 0. The maximum absolute atomic E-state index is 10.8. The summed E-state index contributed by atoms with van der Waals surface area (Å²) in [6, 6.07) is 11.5. The summed E-state index contributed by atoms with van der Waals surface area (Å²) in [6.45, 7) is 12.5. The fourth-order valence-electron chi connectivity index (χ4n) is 3.68. The fraction of sp³-hybridized carbons (Fsp3) is 0.417. The second-order valence-corrected chi connectivity index (χ2v) is 8.63. The first-order valence-corrected chi connectivity index (χ1v) is 9.66. The molecule has 0 amide bonds. The second kappa shape index (κ2) is 7.08. The van der Waals surface area contributed by atoms with Gasteiger partial charge >= 0.3 is 0 Å². The van der Waals surface area contributed by atoms with E-state index in [1.54, 1.807) is 12.1 Å². The van der Waals surface area contributed by atoms with Crippen LogP contribution >= 0.6 is 0 Å². The Labute approximate surface area is 166 Å². The van der Waals surface area contributed by atoms with Crippen molar-refractivity contribution in [2.24, 2.45) is 0 Å². The summed E-state index contributed by atoms with van der Waals surface area (Å²) in [6.07, 6.45) is 1.83. The molecule has 0 N–H and O–H groups in total. The molecule has 0 fully saturated rings. The van der Waals surface area contributed by atoms with E-state index in [9.17, 15) is 9.59 Å². The Kier molecular flexibility index (Phi) is 5.09. The lowest BCUT2D eigenvalue weighted by atomic mass is 9.81. The molecule has 0 bridgehead atoms. The van der Waals surface area contributed by atoms with Gasteiger partial charge in [0.25, 0.3) is 0 Å². The largest absolute Gasteiger partial charge is 0.489 e. The van der Waals surface area contributed by atoms with Crippen molar-refractivity contribution in [2.75, 3.05) is 0 Å². The van der Waals surface area contributed by atoms with Gasteiger partial charge in [0.2, 0.25) is 0 Å². The number of rotatable bonds is 2. The molecule has 0 spiro atoms. The van der Waals surface area contributed by atoms with E-state index >= 15 is 0 Å². The molecule has 0 aliphatic carbocycles. The minimum absolute atomic E-state index is 0.00560. The number of carbonyl (C=O) groups is 2. The molecule has 4 heteroatoms. The van der Waals surface area contributed by atoms with E-state index < -0.39 is 0 Å². The topological polar surface area (TPSA) is 52.6 Å². The van der Waals surface area contributed by atoms with E-state index in [2.05, 4.69) is 20.8 Å². The van der Waals surface area contributed by atoms with Crippen LogP contribution in [0.2, 0.25) is 0 Å². The number of hydrogen-bond donors (Lipinski definition) is 0. The molecule has 4 rings (SSSR count). The number of benzene rings is 2. The van der Waals surface area contributed by atoms with Crippen LogP contribution in [0.5, 0.6) is 11.5 Å². The molecule has 2 aromatic rings. The van der Waals surface area contributed by atoms with E-state index in [1.165, 1.54) is 0 Å². The highest BCUT2D eigenvalue weighted by atomic mass is 16.5. The summed E-state index contributed by atoms with van der Waals surface area (Å²) in [5.41, 5.74) is 3.37. The average molecular weight is 380 g/mol. The normalized spacial score (nSPS) is 22.6. The van der Waals surface area contributed by atoms with Gasteiger partial charge in [-0.1, -0.05) is 45.0 Å². The van der Waals surface area contributed by atoms with Crippen LogP contribution in [0.3, 0.4) is 0 Å². The Morgan fingerprint density at radius 3 is 2.04 bits per heavy atom. The maximum atomic E-state index is 10.8. The van der Waals surface area contributed by atoms with Crippen molar-refractivity contribution < 1.29 is 19.1 Å². The monoisotopic (exact) mass is 380 g/mol. The SMILES string of the molecule is CC1Oc2c(C=O)cccc2C1(C)C.CC1c2cccc(C=O)c2OC1(C)C. The van der Waals surface area contributed by atoms with E-state index in [4.69, 9.17) is 9.47 Å². The lowest BCUT2D eigenvalue weighted by Gasteiger charge is -2.23. The van der Waals surface area contributed by atoms with Crippen molar-refractivity contribution in [2.45, 2.75) is 64.6 Å². The molecule has 2 aliphatic rings. The van der Waals surface area contributed by atoms with Gasteiger partial charge in [-0.05, 0) is 32.9 Å². The zero-order valence-corrected chi connectivity index (χ0v) is 17.4. The Bertz CT molecular complexity index is 911. The summed E-state index contributed by atoms with van der Waals surface area (Å²) in [4.78, 5) is 21.6. The zero-order valence-electron chi connectivity index (χ0n) is 17.4. The number of carbonyl (C=O) groups excluding carboxylic acids is 2. The molecule has 0 aromatic heterocycles. The van der Waals surface area contributed by atoms with Crippen LogP contribution < -0.4 is 9.47 Å². The van der Waals surface area contributed by atoms with Crippen LogP contribution in [0.15, 0.2) is 36.4 Å². The van der Waals surface area contributed by atoms with Gasteiger partial charge in [-0.25, -0.2) is 0 Å². The average Bonchev–Trinajstić information content (AvgIpc) is 3.04. The Balaban J connectivity index is 0.000000161. The van der Waals surface area contributed by atoms with Crippen LogP contribution in [0.25, 0.3) is 0 Å². The minimum Gasteiger partial charge on any atom is -0.489 e. The third-order valence-electron chi connectivity index (χ3n) is 6.25. The Morgan fingerprint density at radius 1 is 0.857 bits per heavy atom. The van der Waals surface area contributed by atoms with E-state index in [0.717, 1.165) is 35.2 Å². The highest BCUT2D eigenvalue weighted by Crippen LogP contribution is 2.45. The van der Waals surface area contributed by atoms with Gasteiger partial charge in [-0.15, -0.1) is 0 Å². The third-order valence-corrected chi connectivity index (χ3v) is 6.25. The first kappa shape index (κ1) is 20.1. The van der Waals surface area contributed by atoms with Crippen molar-refractivity contribution >= 4 is 12.6 Å². The van der Waals surface area contributed by atoms with Gasteiger partial charge in [-0.3, -0.25) is 9.59 Å². The van der Waals surface area contributed by atoms with Crippen LogP contribution in [0, 0.1) is 0 Å². The fourth-order valence-corrected chi connectivity index (χ4v) is 3.68. The van der Waals surface area contributed by atoms with Gasteiger partial charge in [0.1, 0.15) is 23.2 Å². The lowest BCUT2D eigenvalue weighted by Crippen LogP contribution is -2.28. The van der Waals surface area contributed by atoms with E-state index in [-0.39, 0.29) is 17.1 Å². The maximum Gasteiger partial charge on any atom is 0.153 e. The second-order valence-electron chi connectivity index (χ2n) is 8.63. The van der Waals surface area contributed by atoms with Crippen molar-refractivity contribution in [3.63, 3.8) is 0 Å². The molecule has 0 radical (unpaired) electrons. The first-order chi connectivity index (χ1) is 13.1. The summed E-state index contributed by atoms with van der Waals surface area (Å²) >= 11 is 0. The van der Waals surface area contributed by atoms with Crippen LogP contribution in [-0.4, -0.2) is 24.3 Å². The molecule has 2 aliphatic heterocycles. The molecule has 2 aromatic carbocycles. The Hall–Kier alpha value is -2.62. The van der Waals surface area contributed by atoms with Crippen molar-refractivity contribution in [1.82, 2.24) is 0 Å². The van der Waals surface area contributed by atoms with E-state index in [0.29, 0.717) is 17.0 Å². The molecule has 2 atom stereocenters. The van der Waals surface area contributed by atoms with Gasteiger partial charge in [0.15, 0.2) is 12.6 Å².